The summed E-state index contributed by atoms with van der Waals surface area (Å²) in [6.45, 7) is 10.1. The zero-order valence-electron chi connectivity index (χ0n) is 15.5. The van der Waals surface area contributed by atoms with Crippen LogP contribution < -0.4 is 10.2 Å². The van der Waals surface area contributed by atoms with E-state index in [2.05, 4.69) is 46.3 Å². The van der Waals surface area contributed by atoms with E-state index in [4.69, 9.17) is 0 Å². The van der Waals surface area contributed by atoms with E-state index >= 15 is 0 Å². The monoisotopic (exact) mass is 344 g/mol. The van der Waals surface area contributed by atoms with E-state index in [-0.39, 0.29) is 5.91 Å². The van der Waals surface area contributed by atoms with Gasteiger partial charge in [-0.15, -0.1) is 0 Å². The summed E-state index contributed by atoms with van der Waals surface area (Å²) in [5, 5.41) is 3.39. The maximum absolute atomic E-state index is 12.3. The smallest absolute Gasteiger partial charge is 0.224 e. The van der Waals surface area contributed by atoms with E-state index in [1.807, 2.05) is 4.90 Å². The Bertz CT molecular complexity index is 531. The maximum Gasteiger partial charge on any atom is 0.224 e. The molecule has 0 atom stereocenters. The second-order valence-corrected chi connectivity index (χ2v) is 7.09. The SMILES string of the molecule is CCN1CCN(C(=O)CCNc2ccc(N3CCCCC3)cc2)CC1. The van der Waals surface area contributed by atoms with Gasteiger partial charge in [-0.2, -0.15) is 0 Å². The lowest BCUT2D eigenvalue weighted by Gasteiger charge is -2.34. The quantitative estimate of drug-likeness (QED) is 0.861. The third-order valence-electron chi connectivity index (χ3n) is 5.43. The van der Waals surface area contributed by atoms with Gasteiger partial charge in [0.15, 0.2) is 0 Å². The molecule has 0 unspecified atom stereocenters. The van der Waals surface area contributed by atoms with Crippen LogP contribution in [0.25, 0.3) is 0 Å². The van der Waals surface area contributed by atoms with Gasteiger partial charge in [-0.25, -0.2) is 0 Å². The minimum atomic E-state index is 0.271. The van der Waals surface area contributed by atoms with Gasteiger partial charge in [0.05, 0.1) is 0 Å². The van der Waals surface area contributed by atoms with E-state index in [0.29, 0.717) is 13.0 Å². The fourth-order valence-corrected chi connectivity index (χ4v) is 3.73. The number of piperidine rings is 1. The number of carbonyl (C=O) groups excluding carboxylic acids is 1. The van der Waals surface area contributed by atoms with Gasteiger partial charge < -0.3 is 20.0 Å². The van der Waals surface area contributed by atoms with E-state index in [0.717, 1.165) is 38.4 Å². The van der Waals surface area contributed by atoms with Crippen molar-refractivity contribution in [2.45, 2.75) is 32.6 Å². The summed E-state index contributed by atoms with van der Waals surface area (Å²) in [6, 6.07) is 8.65. The molecule has 0 aromatic heterocycles. The highest BCUT2D eigenvalue weighted by Gasteiger charge is 2.19. The third kappa shape index (κ3) is 5.11. The van der Waals surface area contributed by atoms with Gasteiger partial charge in [0.2, 0.25) is 5.91 Å². The van der Waals surface area contributed by atoms with Crippen LogP contribution in [0.2, 0.25) is 0 Å². The lowest BCUT2D eigenvalue weighted by Crippen LogP contribution is -2.48. The number of rotatable bonds is 6. The van der Waals surface area contributed by atoms with Crippen molar-refractivity contribution < 1.29 is 4.79 Å². The van der Waals surface area contributed by atoms with Crippen molar-refractivity contribution in [3.8, 4) is 0 Å². The fraction of sp³-hybridized carbons (Fsp3) is 0.650. The first kappa shape index (κ1) is 18.1. The molecule has 5 heteroatoms. The fourth-order valence-electron chi connectivity index (χ4n) is 3.73. The molecule has 2 heterocycles. The van der Waals surface area contributed by atoms with Crippen LogP contribution in [0.1, 0.15) is 32.6 Å². The second kappa shape index (κ2) is 9.09. The molecular formula is C20H32N4O. The number of nitrogens with one attached hydrogen (secondary N) is 1. The number of amides is 1. The molecule has 0 bridgehead atoms. The Balaban J connectivity index is 1.39. The number of likely N-dealkylation sites (N-methyl/N-ethyl adjacent to an activating group) is 1. The molecule has 1 N–H and O–H groups in total. The van der Waals surface area contributed by atoms with Crippen LogP contribution in [-0.2, 0) is 4.79 Å². The van der Waals surface area contributed by atoms with Crippen molar-refractivity contribution in [2.75, 3.05) is 62.6 Å². The Morgan fingerprint density at radius 2 is 1.64 bits per heavy atom. The highest BCUT2D eigenvalue weighted by atomic mass is 16.2. The molecule has 3 rings (SSSR count). The molecule has 1 amide bonds. The number of piperazine rings is 1. The van der Waals surface area contributed by atoms with E-state index in [9.17, 15) is 4.79 Å². The molecule has 25 heavy (non-hydrogen) atoms. The van der Waals surface area contributed by atoms with E-state index in [1.54, 1.807) is 0 Å². The number of hydrogen-bond donors (Lipinski definition) is 1. The number of carbonyl (C=O) groups is 1. The molecular weight excluding hydrogens is 312 g/mol. The first-order valence-electron chi connectivity index (χ1n) is 9.85. The predicted molar refractivity (Wildman–Crippen MR) is 104 cm³/mol. The van der Waals surface area contributed by atoms with E-state index < -0.39 is 0 Å². The van der Waals surface area contributed by atoms with Crippen LogP contribution in [0.5, 0.6) is 0 Å². The van der Waals surface area contributed by atoms with Crippen molar-refractivity contribution in [3.05, 3.63) is 24.3 Å². The Hall–Kier alpha value is -1.75. The summed E-state index contributed by atoms with van der Waals surface area (Å²) in [7, 11) is 0. The van der Waals surface area contributed by atoms with Crippen molar-refractivity contribution in [1.82, 2.24) is 9.80 Å². The number of benzene rings is 1. The minimum Gasteiger partial charge on any atom is -0.385 e. The molecule has 0 aliphatic carbocycles. The van der Waals surface area contributed by atoms with Crippen molar-refractivity contribution in [2.24, 2.45) is 0 Å². The minimum absolute atomic E-state index is 0.271. The summed E-state index contributed by atoms with van der Waals surface area (Å²) in [5.41, 5.74) is 2.42. The molecule has 138 valence electrons. The van der Waals surface area contributed by atoms with Gasteiger partial charge in [0, 0.05) is 63.6 Å². The van der Waals surface area contributed by atoms with Crippen LogP contribution in [0.3, 0.4) is 0 Å². The zero-order chi connectivity index (χ0) is 17.5. The molecule has 1 aromatic rings. The van der Waals surface area contributed by atoms with Gasteiger partial charge in [-0.05, 0) is 50.1 Å². The van der Waals surface area contributed by atoms with Crippen LogP contribution >= 0.6 is 0 Å². The Kier molecular flexibility index (Phi) is 6.56. The number of nitrogens with zero attached hydrogens (tertiary/aromatic N) is 3. The van der Waals surface area contributed by atoms with Crippen LogP contribution in [0.15, 0.2) is 24.3 Å². The third-order valence-corrected chi connectivity index (χ3v) is 5.43. The number of anilines is 2. The molecule has 0 saturated carbocycles. The molecule has 2 aliphatic heterocycles. The average molecular weight is 345 g/mol. The summed E-state index contributed by atoms with van der Waals surface area (Å²) in [5.74, 6) is 0.271. The lowest BCUT2D eigenvalue weighted by molar-refractivity contribution is -0.132. The summed E-state index contributed by atoms with van der Waals surface area (Å²) in [4.78, 5) is 19.2. The first-order chi connectivity index (χ1) is 12.3. The Morgan fingerprint density at radius 1 is 0.960 bits per heavy atom. The maximum atomic E-state index is 12.3. The topological polar surface area (TPSA) is 38.8 Å². The average Bonchev–Trinajstić information content (AvgIpc) is 2.69. The summed E-state index contributed by atoms with van der Waals surface area (Å²) in [6.07, 6.45) is 4.53. The number of hydrogen-bond acceptors (Lipinski definition) is 4. The Morgan fingerprint density at radius 3 is 2.28 bits per heavy atom. The highest BCUT2D eigenvalue weighted by molar-refractivity contribution is 5.76. The molecule has 5 nitrogen and oxygen atoms in total. The van der Waals surface area contributed by atoms with Crippen molar-refractivity contribution in [1.29, 1.82) is 0 Å². The molecule has 2 saturated heterocycles. The van der Waals surface area contributed by atoms with Gasteiger partial charge in [-0.1, -0.05) is 6.92 Å². The molecule has 0 spiro atoms. The van der Waals surface area contributed by atoms with Gasteiger partial charge in [-0.3, -0.25) is 4.79 Å². The van der Waals surface area contributed by atoms with Crippen LogP contribution in [-0.4, -0.2) is 68.1 Å². The molecule has 2 aliphatic rings. The summed E-state index contributed by atoms with van der Waals surface area (Å²) < 4.78 is 0. The molecule has 2 fully saturated rings. The first-order valence-corrected chi connectivity index (χ1v) is 9.85. The van der Waals surface area contributed by atoms with Gasteiger partial charge >= 0.3 is 0 Å². The lowest BCUT2D eigenvalue weighted by atomic mass is 10.1. The van der Waals surface area contributed by atoms with Gasteiger partial charge in [0.25, 0.3) is 0 Å². The van der Waals surface area contributed by atoms with E-state index in [1.165, 1.54) is 38.0 Å². The van der Waals surface area contributed by atoms with Crippen molar-refractivity contribution >= 4 is 17.3 Å². The standard InChI is InChI=1S/C20H32N4O/c1-2-22-14-16-24(17-15-22)20(25)10-11-21-18-6-8-19(9-7-18)23-12-4-3-5-13-23/h6-9,21H,2-5,10-17H2,1H3. The second-order valence-electron chi connectivity index (χ2n) is 7.09. The normalized spacial score (nSPS) is 19.1. The van der Waals surface area contributed by atoms with Crippen LogP contribution in [0.4, 0.5) is 11.4 Å². The zero-order valence-corrected chi connectivity index (χ0v) is 15.5. The largest absolute Gasteiger partial charge is 0.385 e. The highest BCUT2D eigenvalue weighted by Crippen LogP contribution is 2.21. The molecule has 0 radical (unpaired) electrons. The molecule has 1 aromatic carbocycles. The van der Waals surface area contributed by atoms with Crippen LogP contribution in [0, 0.1) is 0 Å². The van der Waals surface area contributed by atoms with Gasteiger partial charge in [0.1, 0.15) is 0 Å². The van der Waals surface area contributed by atoms with Crippen molar-refractivity contribution in [3.63, 3.8) is 0 Å². The Labute approximate surface area is 152 Å². The predicted octanol–water partition coefficient (Wildman–Crippen LogP) is 2.64. The summed E-state index contributed by atoms with van der Waals surface area (Å²) >= 11 is 0.